The summed E-state index contributed by atoms with van der Waals surface area (Å²) in [6.07, 6.45) is 2.31. The van der Waals surface area contributed by atoms with Gasteiger partial charge in [-0.2, -0.15) is 0 Å². The van der Waals surface area contributed by atoms with E-state index >= 15 is 0 Å². The zero-order valence-corrected chi connectivity index (χ0v) is 19.1. The minimum Gasteiger partial charge on any atom is -0.548 e. The van der Waals surface area contributed by atoms with Crippen molar-refractivity contribution in [2.75, 3.05) is 6.26 Å². The maximum atomic E-state index is 11.9. The Morgan fingerprint density at radius 2 is 1.67 bits per heavy atom. The highest BCUT2D eigenvalue weighted by molar-refractivity contribution is 7.84. The van der Waals surface area contributed by atoms with E-state index in [9.17, 15) is 18.9 Å². The monoisotopic (exact) mass is 432 g/mol. The molecule has 0 aliphatic rings. The molecule has 0 spiro atoms. The number of hydrogen-bond donors (Lipinski definition) is 2. The van der Waals surface area contributed by atoms with Gasteiger partial charge < -0.3 is 21.0 Å². The average Bonchev–Trinajstić information content (AvgIpc) is 2.68. The van der Waals surface area contributed by atoms with E-state index in [2.05, 4.69) is 18.0 Å². The molecule has 0 aliphatic carbocycles. The van der Waals surface area contributed by atoms with Crippen molar-refractivity contribution in [3.8, 4) is 0 Å². The van der Waals surface area contributed by atoms with E-state index in [4.69, 9.17) is 0 Å². The summed E-state index contributed by atoms with van der Waals surface area (Å²) in [7, 11) is -0.847. The topological polar surface area (TPSA) is 114 Å². The summed E-state index contributed by atoms with van der Waals surface area (Å²) in [5.74, 6) is -1.37. The SMILES string of the molecule is CC(C)C[C@H]([NH3+])C(=O)N[C@H](C(=O)[O-])c1ccccc1.Cc1ccc([S@](C)=O)cc1C. The molecule has 2 rings (SSSR count). The summed E-state index contributed by atoms with van der Waals surface area (Å²) in [5.41, 5.74) is 6.71. The molecule has 0 heterocycles. The Morgan fingerprint density at radius 3 is 2.13 bits per heavy atom. The number of carbonyl (C=O) groups is 2. The molecule has 30 heavy (non-hydrogen) atoms. The lowest BCUT2D eigenvalue weighted by atomic mass is 10.0. The van der Waals surface area contributed by atoms with Crippen LogP contribution in [-0.2, 0) is 20.4 Å². The van der Waals surface area contributed by atoms with Gasteiger partial charge >= 0.3 is 0 Å². The molecule has 0 fully saturated rings. The number of hydrogen-bond acceptors (Lipinski definition) is 4. The predicted molar refractivity (Wildman–Crippen MR) is 117 cm³/mol. The van der Waals surface area contributed by atoms with Crippen LogP contribution in [0.2, 0.25) is 0 Å². The summed E-state index contributed by atoms with van der Waals surface area (Å²) in [4.78, 5) is 23.9. The zero-order chi connectivity index (χ0) is 22.8. The highest BCUT2D eigenvalue weighted by Gasteiger charge is 2.23. The molecule has 0 aromatic heterocycles. The molecule has 0 saturated carbocycles. The first-order chi connectivity index (χ1) is 14.0. The number of nitrogens with one attached hydrogen (secondary N) is 1. The number of aliphatic carboxylic acids is 1. The van der Waals surface area contributed by atoms with Crippen LogP contribution >= 0.6 is 0 Å². The summed E-state index contributed by atoms with van der Waals surface area (Å²) < 4.78 is 11.0. The van der Waals surface area contributed by atoms with Crippen LogP contribution in [0.15, 0.2) is 53.4 Å². The van der Waals surface area contributed by atoms with Gasteiger partial charge in [0, 0.05) is 28.4 Å². The maximum Gasteiger partial charge on any atom is 0.278 e. The lowest BCUT2D eigenvalue weighted by molar-refractivity contribution is -0.406. The summed E-state index contributed by atoms with van der Waals surface area (Å²) in [6, 6.07) is 12.8. The Balaban J connectivity index is 0.000000346. The van der Waals surface area contributed by atoms with Gasteiger partial charge in [-0.3, -0.25) is 9.00 Å². The first kappa shape index (κ1) is 25.5. The van der Waals surface area contributed by atoms with Crippen molar-refractivity contribution in [1.29, 1.82) is 0 Å². The second-order valence-corrected chi connectivity index (χ2v) is 9.08. The van der Waals surface area contributed by atoms with Crippen LogP contribution in [0, 0.1) is 19.8 Å². The third-order valence-corrected chi connectivity index (χ3v) is 5.51. The largest absolute Gasteiger partial charge is 0.548 e. The number of carboxylic acids is 1. The van der Waals surface area contributed by atoms with Crippen molar-refractivity contribution in [2.45, 2.75) is 51.1 Å². The molecular formula is C23H32N2O4S. The Labute approximate surface area is 181 Å². The van der Waals surface area contributed by atoms with Crippen LogP contribution in [0.25, 0.3) is 0 Å². The van der Waals surface area contributed by atoms with Crippen molar-refractivity contribution < 1.29 is 24.6 Å². The Morgan fingerprint density at radius 1 is 1.07 bits per heavy atom. The van der Waals surface area contributed by atoms with Crippen LogP contribution in [0.3, 0.4) is 0 Å². The second kappa shape index (κ2) is 12.2. The van der Waals surface area contributed by atoms with Crippen LogP contribution < -0.4 is 16.2 Å². The van der Waals surface area contributed by atoms with Crippen LogP contribution in [0.1, 0.15) is 43.0 Å². The Bertz CT molecular complexity index is 869. The number of carbonyl (C=O) groups excluding carboxylic acids is 2. The van der Waals surface area contributed by atoms with Gasteiger partial charge in [0.25, 0.3) is 5.91 Å². The van der Waals surface area contributed by atoms with Gasteiger partial charge in [-0.05, 0) is 48.6 Å². The first-order valence-electron chi connectivity index (χ1n) is 9.82. The van der Waals surface area contributed by atoms with Gasteiger partial charge in [-0.15, -0.1) is 0 Å². The van der Waals surface area contributed by atoms with Crippen molar-refractivity contribution in [3.05, 3.63) is 65.2 Å². The van der Waals surface area contributed by atoms with Crippen molar-refractivity contribution >= 4 is 22.7 Å². The Hall–Kier alpha value is -2.51. The molecule has 4 N–H and O–H groups in total. The lowest BCUT2D eigenvalue weighted by Crippen LogP contribution is -2.68. The zero-order valence-electron chi connectivity index (χ0n) is 18.3. The van der Waals surface area contributed by atoms with E-state index in [0.717, 1.165) is 4.90 Å². The van der Waals surface area contributed by atoms with E-state index in [0.29, 0.717) is 17.9 Å². The summed E-state index contributed by atoms with van der Waals surface area (Å²) in [6.45, 7) is 8.06. The summed E-state index contributed by atoms with van der Waals surface area (Å²) in [5, 5.41) is 13.6. The van der Waals surface area contributed by atoms with E-state index in [1.54, 1.807) is 36.6 Å². The number of carboxylic acid groups (broad SMARTS) is 1. The number of benzene rings is 2. The molecule has 0 aliphatic heterocycles. The van der Waals surface area contributed by atoms with Gasteiger partial charge in [-0.1, -0.05) is 50.2 Å². The fraction of sp³-hybridized carbons (Fsp3) is 0.391. The quantitative estimate of drug-likeness (QED) is 0.686. The standard InChI is InChI=1S/C14H20N2O3.C9H12OS/c1-9(2)8-11(15)13(17)16-12(14(18)19)10-6-4-3-5-7-10;1-7-4-5-9(11(3)10)6-8(7)2/h3-7,9,11-12H,8,15H2,1-2H3,(H,16,17)(H,18,19);4-6H,1-3H3/t11-,12-;11-/m00/s1. The average molecular weight is 433 g/mol. The molecule has 6 nitrogen and oxygen atoms in total. The Kier molecular flexibility index (Phi) is 10.4. The molecule has 0 unspecified atom stereocenters. The molecule has 0 radical (unpaired) electrons. The van der Waals surface area contributed by atoms with Crippen LogP contribution in [0.4, 0.5) is 0 Å². The molecular weight excluding hydrogens is 400 g/mol. The fourth-order valence-electron chi connectivity index (χ4n) is 2.75. The number of rotatable bonds is 7. The van der Waals surface area contributed by atoms with Crippen LogP contribution in [0.5, 0.6) is 0 Å². The first-order valence-corrected chi connectivity index (χ1v) is 11.4. The molecule has 3 atom stereocenters. The number of amides is 1. The lowest BCUT2D eigenvalue weighted by Gasteiger charge is -2.21. The van der Waals surface area contributed by atoms with E-state index < -0.39 is 28.9 Å². The predicted octanol–water partition coefficient (Wildman–Crippen LogP) is 1.29. The smallest absolute Gasteiger partial charge is 0.278 e. The normalized spacial score (nSPS) is 13.6. The second-order valence-electron chi connectivity index (χ2n) is 7.70. The molecule has 2 aromatic carbocycles. The fourth-order valence-corrected chi connectivity index (χ4v) is 3.36. The minimum absolute atomic E-state index is 0.325. The highest BCUT2D eigenvalue weighted by atomic mass is 32.2. The van der Waals surface area contributed by atoms with Gasteiger partial charge in [0.15, 0.2) is 6.04 Å². The van der Waals surface area contributed by atoms with Crippen molar-refractivity contribution in [2.24, 2.45) is 5.92 Å². The third kappa shape index (κ3) is 8.47. The number of quaternary nitrogens is 1. The van der Waals surface area contributed by atoms with Gasteiger partial charge in [0.1, 0.15) is 0 Å². The highest BCUT2D eigenvalue weighted by Crippen LogP contribution is 2.13. The molecule has 164 valence electrons. The van der Waals surface area contributed by atoms with E-state index in [-0.39, 0.29) is 5.91 Å². The van der Waals surface area contributed by atoms with Gasteiger partial charge in [0.05, 0.1) is 12.0 Å². The molecule has 7 heteroatoms. The summed E-state index contributed by atoms with van der Waals surface area (Å²) >= 11 is 0. The molecule has 2 aromatic rings. The van der Waals surface area contributed by atoms with Crippen LogP contribution in [-0.4, -0.2) is 28.4 Å². The molecule has 0 saturated heterocycles. The maximum absolute atomic E-state index is 11.9. The van der Waals surface area contributed by atoms with Crippen molar-refractivity contribution in [3.63, 3.8) is 0 Å². The minimum atomic E-state index is -1.32. The van der Waals surface area contributed by atoms with Crippen molar-refractivity contribution in [1.82, 2.24) is 5.32 Å². The molecule has 0 bridgehead atoms. The van der Waals surface area contributed by atoms with E-state index in [1.807, 2.05) is 39.0 Å². The van der Waals surface area contributed by atoms with Gasteiger partial charge in [-0.25, -0.2) is 0 Å². The third-order valence-electron chi connectivity index (χ3n) is 4.59. The number of aryl methyl sites for hydroxylation is 2. The van der Waals surface area contributed by atoms with Gasteiger partial charge in [0.2, 0.25) is 0 Å². The van der Waals surface area contributed by atoms with E-state index in [1.165, 1.54) is 11.1 Å². The molecule has 1 amide bonds.